The van der Waals surface area contributed by atoms with Crippen molar-refractivity contribution in [2.75, 3.05) is 0 Å². The van der Waals surface area contributed by atoms with Crippen molar-refractivity contribution in [1.82, 2.24) is 4.90 Å². The summed E-state index contributed by atoms with van der Waals surface area (Å²) in [4.78, 5) is 27.4. The minimum Gasteiger partial charge on any atom is -0.272 e. The van der Waals surface area contributed by atoms with Crippen molar-refractivity contribution < 1.29 is 9.59 Å². The molecule has 0 N–H and O–H groups in total. The number of aryl methyl sites for hydroxylation is 1. The predicted octanol–water partition coefficient (Wildman–Crippen LogP) is 4.46. The first kappa shape index (κ1) is 15.6. The lowest BCUT2D eigenvalue weighted by Gasteiger charge is -2.32. The minimum absolute atomic E-state index is 0.149. The van der Waals surface area contributed by atoms with Crippen LogP contribution < -0.4 is 0 Å². The molecule has 3 nitrogen and oxygen atoms in total. The molecule has 3 aromatic rings. The Morgan fingerprint density at radius 2 is 1.40 bits per heavy atom. The molecule has 0 aromatic heterocycles. The Morgan fingerprint density at radius 1 is 0.800 bits per heavy atom. The van der Waals surface area contributed by atoms with Crippen molar-refractivity contribution in [1.29, 1.82) is 0 Å². The molecule has 1 aliphatic heterocycles. The first-order valence-electron chi connectivity index (χ1n) is 8.60. The van der Waals surface area contributed by atoms with Gasteiger partial charge in [-0.25, -0.2) is 0 Å². The zero-order chi connectivity index (χ0) is 17.4. The van der Waals surface area contributed by atoms with Gasteiger partial charge in [-0.05, 0) is 42.8 Å². The van der Waals surface area contributed by atoms with Gasteiger partial charge in [0.1, 0.15) is 0 Å². The highest BCUT2D eigenvalue weighted by atomic mass is 16.2. The first-order valence-corrected chi connectivity index (χ1v) is 8.60. The highest BCUT2D eigenvalue weighted by molar-refractivity contribution is 6.25. The Kier molecular flexibility index (Phi) is 3.85. The van der Waals surface area contributed by atoms with Crippen molar-refractivity contribution in [3.63, 3.8) is 0 Å². The van der Waals surface area contributed by atoms with E-state index < -0.39 is 0 Å². The van der Waals surface area contributed by atoms with Crippen LogP contribution in [0.3, 0.4) is 0 Å². The zero-order valence-corrected chi connectivity index (χ0v) is 14.1. The van der Waals surface area contributed by atoms with Crippen molar-refractivity contribution >= 4 is 22.6 Å². The Bertz CT molecular complexity index is 911. The van der Waals surface area contributed by atoms with Gasteiger partial charge in [0.05, 0.1) is 0 Å². The van der Waals surface area contributed by atoms with E-state index in [-0.39, 0.29) is 17.9 Å². The molecule has 1 aliphatic rings. The molecule has 0 fully saturated rings. The molecule has 124 valence electrons. The molecular weight excluding hydrogens is 310 g/mol. The van der Waals surface area contributed by atoms with Crippen LogP contribution >= 0.6 is 0 Å². The van der Waals surface area contributed by atoms with Crippen molar-refractivity contribution in [3.8, 4) is 0 Å². The largest absolute Gasteiger partial charge is 0.272 e. The van der Waals surface area contributed by atoms with Crippen LogP contribution in [0, 0.1) is 0 Å². The average molecular weight is 329 g/mol. The molecule has 0 radical (unpaired) electrons. The summed E-state index contributed by atoms with van der Waals surface area (Å²) in [6, 6.07) is 21.3. The van der Waals surface area contributed by atoms with Crippen molar-refractivity contribution in [2.24, 2.45) is 0 Å². The third-order valence-electron chi connectivity index (χ3n) is 4.94. The van der Waals surface area contributed by atoms with Gasteiger partial charge in [0.25, 0.3) is 11.8 Å². The number of hydrogen-bond acceptors (Lipinski definition) is 2. The fraction of sp³-hybridized carbons (Fsp3) is 0.182. The molecule has 0 bridgehead atoms. The van der Waals surface area contributed by atoms with E-state index in [2.05, 4.69) is 12.1 Å². The summed E-state index contributed by atoms with van der Waals surface area (Å²) < 4.78 is 0. The Labute approximate surface area is 146 Å². The van der Waals surface area contributed by atoms with Crippen LogP contribution in [0.4, 0.5) is 0 Å². The lowest BCUT2D eigenvalue weighted by Crippen LogP contribution is -2.46. The van der Waals surface area contributed by atoms with Gasteiger partial charge in [-0.1, -0.05) is 54.6 Å². The van der Waals surface area contributed by atoms with E-state index in [0.29, 0.717) is 11.1 Å². The summed E-state index contributed by atoms with van der Waals surface area (Å²) in [6.07, 6.45) is 1.59. The first-order chi connectivity index (χ1) is 12.2. The quantitative estimate of drug-likeness (QED) is 0.663. The lowest BCUT2D eigenvalue weighted by atomic mass is 9.92. The summed E-state index contributed by atoms with van der Waals surface area (Å²) in [6.45, 7) is 1.95. The maximum Gasteiger partial charge on any atom is 0.261 e. The maximum atomic E-state index is 13.0. The van der Waals surface area contributed by atoms with Gasteiger partial charge in [-0.2, -0.15) is 0 Å². The van der Waals surface area contributed by atoms with Gasteiger partial charge >= 0.3 is 0 Å². The summed E-state index contributed by atoms with van der Waals surface area (Å²) >= 11 is 0. The molecule has 3 heteroatoms. The van der Waals surface area contributed by atoms with E-state index in [9.17, 15) is 9.59 Å². The number of carbonyl (C=O) groups excluding carboxylic acids is 2. The van der Waals surface area contributed by atoms with Crippen molar-refractivity contribution in [3.05, 3.63) is 83.4 Å². The lowest BCUT2D eigenvalue weighted by molar-refractivity contribution is 0.0545. The summed E-state index contributed by atoms with van der Waals surface area (Å²) in [5.41, 5.74) is 2.47. The van der Waals surface area contributed by atoms with Gasteiger partial charge in [-0.15, -0.1) is 0 Å². The van der Waals surface area contributed by atoms with E-state index in [4.69, 9.17) is 0 Å². The molecule has 25 heavy (non-hydrogen) atoms. The minimum atomic E-state index is -0.185. The van der Waals surface area contributed by atoms with Crippen molar-refractivity contribution in [2.45, 2.75) is 25.8 Å². The topological polar surface area (TPSA) is 37.4 Å². The maximum absolute atomic E-state index is 13.0. The van der Waals surface area contributed by atoms with E-state index in [1.165, 1.54) is 10.5 Å². The molecule has 4 rings (SSSR count). The smallest absolute Gasteiger partial charge is 0.261 e. The number of nitrogens with zero attached hydrogens (tertiary/aromatic N) is 1. The second kappa shape index (κ2) is 6.17. The molecule has 0 saturated carbocycles. The summed E-state index contributed by atoms with van der Waals surface area (Å²) in [5.74, 6) is -0.371. The molecule has 1 atom stereocenters. The standard InChI is InChI=1S/C22H19NO2/c1-15(13-14-16-7-3-2-4-8-16)23-21(24)18-11-5-9-17-10-6-12-19(20(17)18)22(23)25/h2-12,15H,13-14H2,1H3. The fourth-order valence-electron chi connectivity index (χ4n) is 3.60. The summed E-state index contributed by atoms with van der Waals surface area (Å²) in [7, 11) is 0. The van der Waals surface area contributed by atoms with Gasteiger partial charge < -0.3 is 0 Å². The van der Waals surface area contributed by atoms with Crippen LogP contribution in [0.2, 0.25) is 0 Å². The van der Waals surface area contributed by atoms with E-state index in [1.54, 1.807) is 0 Å². The van der Waals surface area contributed by atoms with E-state index in [0.717, 1.165) is 23.6 Å². The predicted molar refractivity (Wildman–Crippen MR) is 98.7 cm³/mol. The van der Waals surface area contributed by atoms with E-state index >= 15 is 0 Å². The van der Waals surface area contributed by atoms with Crippen LogP contribution in [-0.4, -0.2) is 22.8 Å². The molecule has 2 amide bonds. The Hall–Kier alpha value is -2.94. The van der Waals surface area contributed by atoms with Crippen LogP contribution in [0.1, 0.15) is 39.6 Å². The third kappa shape index (κ3) is 2.62. The van der Waals surface area contributed by atoms with Crippen LogP contribution in [0.25, 0.3) is 10.8 Å². The molecule has 1 unspecified atom stereocenters. The third-order valence-corrected chi connectivity index (χ3v) is 4.94. The average Bonchev–Trinajstić information content (AvgIpc) is 2.65. The SMILES string of the molecule is CC(CCc1ccccc1)N1C(=O)c2cccc3cccc(c23)C1=O. The molecular formula is C22H19NO2. The van der Waals surface area contributed by atoms with Crippen LogP contribution in [0.15, 0.2) is 66.7 Å². The second-order valence-electron chi connectivity index (χ2n) is 6.56. The zero-order valence-electron chi connectivity index (χ0n) is 14.1. The van der Waals surface area contributed by atoms with Crippen LogP contribution in [0.5, 0.6) is 0 Å². The number of imide groups is 1. The molecule has 0 spiro atoms. The number of benzene rings is 3. The van der Waals surface area contributed by atoms with Gasteiger partial charge in [0, 0.05) is 22.6 Å². The fourth-order valence-corrected chi connectivity index (χ4v) is 3.60. The van der Waals surface area contributed by atoms with Gasteiger partial charge in [0.15, 0.2) is 0 Å². The highest BCUT2D eigenvalue weighted by Crippen LogP contribution is 2.31. The molecule has 1 heterocycles. The Balaban J connectivity index is 1.65. The summed E-state index contributed by atoms with van der Waals surface area (Å²) in [5, 5.41) is 1.72. The van der Waals surface area contributed by atoms with Crippen LogP contribution in [-0.2, 0) is 6.42 Å². The normalized spacial score (nSPS) is 14.8. The molecule has 0 aliphatic carbocycles. The number of amides is 2. The molecule has 0 saturated heterocycles. The second-order valence-corrected chi connectivity index (χ2v) is 6.56. The van der Waals surface area contributed by atoms with Gasteiger partial charge in [0.2, 0.25) is 0 Å². The number of hydrogen-bond donors (Lipinski definition) is 0. The number of carbonyl (C=O) groups is 2. The van der Waals surface area contributed by atoms with E-state index in [1.807, 2.05) is 61.5 Å². The number of rotatable bonds is 4. The highest BCUT2D eigenvalue weighted by Gasteiger charge is 2.35. The van der Waals surface area contributed by atoms with Gasteiger partial charge in [-0.3, -0.25) is 14.5 Å². The monoisotopic (exact) mass is 329 g/mol. The molecule has 3 aromatic carbocycles. The Morgan fingerprint density at radius 3 is 2.00 bits per heavy atom.